The van der Waals surface area contributed by atoms with E-state index in [1.165, 1.54) is 0 Å². The van der Waals surface area contributed by atoms with Gasteiger partial charge >= 0.3 is 0 Å². The van der Waals surface area contributed by atoms with Gasteiger partial charge in [0.2, 0.25) is 5.91 Å². The highest BCUT2D eigenvalue weighted by Crippen LogP contribution is 2.23. The van der Waals surface area contributed by atoms with Gasteiger partial charge in [0.05, 0.1) is 12.5 Å². The first-order valence-corrected chi connectivity index (χ1v) is 6.55. The molecule has 0 spiro atoms. The van der Waals surface area contributed by atoms with Crippen molar-refractivity contribution in [3.63, 3.8) is 0 Å². The van der Waals surface area contributed by atoms with Gasteiger partial charge in [0.1, 0.15) is 5.75 Å². The summed E-state index contributed by atoms with van der Waals surface area (Å²) in [6, 6.07) is 7.66. The number of unbranched alkanes of at least 4 members (excludes halogenated alkanes) is 1. The minimum Gasteiger partial charge on any atom is -0.494 e. The number of nitrogens with one attached hydrogen (secondary N) is 1. The lowest BCUT2D eigenvalue weighted by atomic mass is 9.95. The fourth-order valence-electron chi connectivity index (χ4n) is 1.97. The van der Waals surface area contributed by atoms with Crippen LogP contribution in [-0.4, -0.2) is 25.3 Å². The molecule has 19 heavy (non-hydrogen) atoms. The molecule has 5 heteroatoms. The molecule has 0 fully saturated rings. The molecule has 1 atom stereocenters. The molecule has 0 radical (unpaired) electrons. The fraction of sp³-hybridized carbons (Fsp3) is 0.429. The van der Waals surface area contributed by atoms with Crippen molar-refractivity contribution in [3.05, 3.63) is 29.8 Å². The molecule has 0 bridgehead atoms. The molecule has 0 saturated carbocycles. The Kier molecular flexibility index (Phi) is 4.92. The van der Waals surface area contributed by atoms with Gasteiger partial charge in [-0.25, -0.2) is 5.43 Å². The van der Waals surface area contributed by atoms with E-state index < -0.39 is 0 Å². The summed E-state index contributed by atoms with van der Waals surface area (Å²) in [7, 11) is 0. The van der Waals surface area contributed by atoms with E-state index in [0.29, 0.717) is 19.6 Å². The summed E-state index contributed by atoms with van der Waals surface area (Å²) in [5.41, 5.74) is 8.88. The lowest BCUT2D eigenvalue weighted by Gasteiger charge is -2.17. The van der Waals surface area contributed by atoms with Gasteiger partial charge < -0.3 is 10.5 Å². The molecule has 2 rings (SSSR count). The smallest absolute Gasteiger partial charge is 0.247 e. The minimum absolute atomic E-state index is 0.0564. The summed E-state index contributed by atoms with van der Waals surface area (Å²) in [5, 5.41) is 3.75. The van der Waals surface area contributed by atoms with E-state index in [4.69, 9.17) is 10.5 Å². The van der Waals surface area contributed by atoms with Crippen LogP contribution in [0.15, 0.2) is 29.4 Å². The van der Waals surface area contributed by atoms with Crippen LogP contribution in [0.4, 0.5) is 0 Å². The zero-order valence-corrected chi connectivity index (χ0v) is 10.8. The van der Waals surface area contributed by atoms with Crippen LogP contribution in [0.3, 0.4) is 0 Å². The average Bonchev–Trinajstić information content (AvgIpc) is 2.45. The second-order valence-corrected chi connectivity index (χ2v) is 4.49. The van der Waals surface area contributed by atoms with Gasteiger partial charge in [-0.15, -0.1) is 0 Å². The van der Waals surface area contributed by atoms with Gasteiger partial charge in [-0.3, -0.25) is 4.79 Å². The first-order valence-electron chi connectivity index (χ1n) is 6.55. The summed E-state index contributed by atoms with van der Waals surface area (Å²) in [5.74, 6) is 0.619. The van der Waals surface area contributed by atoms with Crippen molar-refractivity contribution in [3.8, 4) is 5.75 Å². The Balaban J connectivity index is 1.90. The molecule has 0 aromatic heterocycles. The Morgan fingerprint density at radius 2 is 2.11 bits per heavy atom. The lowest BCUT2D eigenvalue weighted by Crippen LogP contribution is -2.29. The molecule has 1 aliphatic heterocycles. The van der Waals surface area contributed by atoms with Crippen LogP contribution in [0, 0.1) is 0 Å². The predicted molar refractivity (Wildman–Crippen MR) is 74.2 cm³/mol. The minimum atomic E-state index is -0.149. The number of hydrazone groups is 1. The number of nitrogens with zero attached hydrogens (tertiary/aromatic N) is 1. The highest BCUT2D eigenvalue weighted by Gasteiger charge is 2.21. The number of nitrogens with two attached hydrogens (primary N) is 1. The summed E-state index contributed by atoms with van der Waals surface area (Å²) in [4.78, 5) is 11.7. The van der Waals surface area contributed by atoms with E-state index in [1.807, 2.05) is 24.3 Å². The molecule has 1 aliphatic rings. The van der Waals surface area contributed by atoms with Gasteiger partial charge in [-0.2, -0.15) is 5.10 Å². The highest BCUT2D eigenvalue weighted by atomic mass is 16.5. The van der Waals surface area contributed by atoms with Crippen LogP contribution in [-0.2, 0) is 4.79 Å². The maximum atomic E-state index is 11.7. The molecule has 1 amide bonds. The standard InChI is InChI=1S/C14H19N3O2/c15-8-1-2-10-19-12-5-3-11(4-6-12)13-7-9-16-17-14(13)18/h3-6,9,13H,1-2,7-8,10,15H2,(H,17,18). The van der Waals surface area contributed by atoms with Crippen molar-refractivity contribution in [2.24, 2.45) is 10.8 Å². The lowest BCUT2D eigenvalue weighted by molar-refractivity contribution is -0.122. The number of amides is 1. The van der Waals surface area contributed by atoms with Gasteiger partial charge in [-0.05, 0) is 37.1 Å². The topological polar surface area (TPSA) is 76.7 Å². The number of carbonyl (C=O) groups excluding carboxylic acids is 1. The van der Waals surface area contributed by atoms with Crippen molar-refractivity contribution < 1.29 is 9.53 Å². The largest absolute Gasteiger partial charge is 0.494 e. The predicted octanol–water partition coefficient (Wildman–Crippen LogP) is 1.39. The Morgan fingerprint density at radius 3 is 2.79 bits per heavy atom. The van der Waals surface area contributed by atoms with Crippen LogP contribution in [0.2, 0.25) is 0 Å². The number of hydrogen-bond acceptors (Lipinski definition) is 4. The number of carbonyl (C=O) groups is 1. The van der Waals surface area contributed by atoms with E-state index in [2.05, 4.69) is 10.5 Å². The molecule has 5 nitrogen and oxygen atoms in total. The Hall–Kier alpha value is -1.88. The van der Waals surface area contributed by atoms with E-state index in [1.54, 1.807) is 6.21 Å². The van der Waals surface area contributed by atoms with Crippen molar-refractivity contribution >= 4 is 12.1 Å². The zero-order valence-electron chi connectivity index (χ0n) is 10.8. The van der Waals surface area contributed by atoms with Gasteiger partial charge in [0.25, 0.3) is 0 Å². The molecule has 102 valence electrons. The molecule has 1 aromatic rings. The number of benzene rings is 1. The van der Waals surface area contributed by atoms with Crippen LogP contribution < -0.4 is 15.9 Å². The van der Waals surface area contributed by atoms with Crippen molar-refractivity contribution in [1.82, 2.24) is 5.43 Å². The summed E-state index contributed by atoms with van der Waals surface area (Å²) < 4.78 is 5.59. The zero-order chi connectivity index (χ0) is 13.5. The van der Waals surface area contributed by atoms with Crippen molar-refractivity contribution in [1.29, 1.82) is 0 Å². The first-order chi connectivity index (χ1) is 9.31. The molecule has 1 unspecified atom stereocenters. The Morgan fingerprint density at radius 1 is 1.32 bits per heavy atom. The first kappa shape index (κ1) is 13.5. The third-order valence-corrected chi connectivity index (χ3v) is 3.07. The van der Waals surface area contributed by atoms with Crippen LogP contribution >= 0.6 is 0 Å². The SMILES string of the molecule is NCCCCOc1ccc(C2CC=NNC2=O)cc1. The van der Waals surface area contributed by atoms with Crippen molar-refractivity contribution in [2.45, 2.75) is 25.2 Å². The van der Waals surface area contributed by atoms with Gasteiger partial charge in [0.15, 0.2) is 0 Å². The number of ether oxygens (including phenoxy) is 1. The highest BCUT2D eigenvalue weighted by molar-refractivity contribution is 5.89. The Labute approximate surface area is 112 Å². The molecular weight excluding hydrogens is 242 g/mol. The van der Waals surface area contributed by atoms with Crippen LogP contribution in [0.25, 0.3) is 0 Å². The summed E-state index contributed by atoms with van der Waals surface area (Å²) >= 11 is 0. The monoisotopic (exact) mass is 261 g/mol. The molecule has 1 aromatic carbocycles. The van der Waals surface area contributed by atoms with Gasteiger partial charge in [-0.1, -0.05) is 12.1 Å². The van der Waals surface area contributed by atoms with Crippen LogP contribution in [0.5, 0.6) is 5.75 Å². The molecule has 1 heterocycles. The van der Waals surface area contributed by atoms with Gasteiger partial charge in [0, 0.05) is 12.6 Å². The molecular formula is C14H19N3O2. The quantitative estimate of drug-likeness (QED) is 0.760. The molecule has 3 N–H and O–H groups in total. The fourth-order valence-corrected chi connectivity index (χ4v) is 1.97. The second-order valence-electron chi connectivity index (χ2n) is 4.49. The molecule has 0 saturated heterocycles. The Bertz CT molecular complexity index is 443. The molecule has 0 aliphatic carbocycles. The maximum absolute atomic E-state index is 11.7. The maximum Gasteiger partial charge on any atom is 0.247 e. The normalized spacial score (nSPS) is 18.2. The van der Waals surface area contributed by atoms with E-state index in [-0.39, 0.29) is 11.8 Å². The third kappa shape index (κ3) is 3.79. The van der Waals surface area contributed by atoms with Crippen molar-refractivity contribution in [2.75, 3.05) is 13.2 Å². The summed E-state index contributed by atoms with van der Waals surface area (Å²) in [6.45, 7) is 1.37. The second kappa shape index (κ2) is 6.89. The van der Waals surface area contributed by atoms with E-state index in [0.717, 1.165) is 24.2 Å². The van der Waals surface area contributed by atoms with Crippen LogP contribution in [0.1, 0.15) is 30.7 Å². The van der Waals surface area contributed by atoms with E-state index >= 15 is 0 Å². The summed E-state index contributed by atoms with van der Waals surface area (Å²) in [6.07, 6.45) is 4.30. The number of rotatable bonds is 6. The van der Waals surface area contributed by atoms with E-state index in [9.17, 15) is 4.79 Å². The third-order valence-electron chi connectivity index (χ3n) is 3.07. The average molecular weight is 261 g/mol. The number of hydrogen-bond donors (Lipinski definition) is 2.